The molecule has 33 heavy (non-hydrogen) atoms. The standard InChI is InChI=1S/C22H24ClN3O4S3/c23-16-5-6-18-19(13-16)32-22(24-18)26(14-17-3-1-11-30-17)21(27)15-7-9-25(10-8-15)33(28,29)20-4-2-12-31-20/h2,4-6,12-13,15,17H,1,3,7-11,14H2. The molecule has 7 nitrogen and oxygen atoms in total. The molecule has 11 heteroatoms. The maximum absolute atomic E-state index is 13.7. The maximum Gasteiger partial charge on any atom is 0.252 e. The van der Waals surface area contributed by atoms with Crippen LogP contribution in [0.5, 0.6) is 0 Å². The predicted octanol–water partition coefficient (Wildman–Crippen LogP) is 4.62. The average molecular weight is 526 g/mol. The van der Waals surface area contributed by atoms with Gasteiger partial charge in [-0.3, -0.25) is 9.69 Å². The molecule has 2 fully saturated rings. The van der Waals surface area contributed by atoms with Crippen molar-refractivity contribution in [3.05, 3.63) is 40.7 Å². The minimum atomic E-state index is -3.50. The number of carbonyl (C=O) groups excluding carboxylic acids is 1. The zero-order chi connectivity index (χ0) is 23.0. The summed E-state index contributed by atoms with van der Waals surface area (Å²) in [4.78, 5) is 20.1. The Morgan fingerprint density at radius 2 is 2.06 bits per heavy atom. The van der Waals surface area contributed by atoms with Crippen LogP contribution in [0.2, 0.25) is 5.02 Å². The summed E-state index contributed by atoms with van der Waals surface area (Å²) in [5.41, 5.74) is 0.807. The van der Waals surface area contributed by atoms with Gasteiger partial charge in [0.1, 0.15) is 4.21 Å². The fraction of sp³-hybridized carbons (Fsp3) is 0.455. The molecule has 0 N–H and O–H groups in total. The van der Waals surface area contributed by atoms with Crippen molar-refractivity contribution in [1.29, 1.82) is 0 Å². The lowest BCUT2D eigenvalue weighted by molar-refractivity contribution is -0.123. The summed E-state index contributed by atoms with van der Waals surface area (Å²) in [5.74, 6) is -0.263. The van der Waals surface area contributed by atoms with Gasteiger partial charge in [-0.05, 0) is 55.3 Å². The summed E-state index contributed by atoms with van der Waals surface area (Å²) in [7, 11) is -3.50. The largest absolute Gasteiger partial charge is 0.376 e. The van der Waals surface area contributed by atoms with Crippen molar-refractivity contribution in [2.45, 2.75) is 36.0 Å². The summed E-state index contributed by atoms with van der Waals surface area (Å²) in [6, 6.07) is 8.88. The Morgan fingerprint density at radius 1 is 1.24 bits per heavy atom. The van der Waals surface area contributed by atoms with Gasteiger partial charge in [-0.1, -0.05) is 29.0 Å². The minimum absolute atomic E-state index is 0.0103. The number of amides is 1. The van der Waals surface area contributed by atoms with Gasteiger partial charge in [-0.15, -0.1) is 11.3 Å². The van der Waals surface area contributed by atoms with E-state index in [1.807, 2.05) is 12.1 Å². The van der Waals surface area contributed by atoms with E-state index in [0.29, 0.717) is 53.4 Å². The monoisotopic (exact) mass is 525 g/mol. The molecule has 0 aliphatic carbocycles. The third kappa shape index (κ3) is 4.82. The first-order valence-corrected chi connectivity index (χ1v) is 14.5. The molecule has 4 heterocycles. The number of thiazole rings is 1. The molecule has 1 unspecified atom stereocenters. The number of ether oxygens (including phenoxy) is 1. The second-order valence-electron chi connectivity index (χ2n) is 8.30. The number of piperidine rings is 1. The molecule has 0 spiro atoms. The van der Waals surface area contributed by atoms with Crippen molar-refractivity contribution in [3.63, 3.8) is 0 Å². The van der Waals surface area contributed by atoms with Gasteiger partial charge < -0.3 is 4.74 Å². The van der Waals surface area contributed by atoms with Crippen molar-refractivity contribution in [2.75, 3.05) is 31.1 Å². The third-order valence-corrected chi connectivity index (χ3v) is 10.7. The Bertz CT molecular complexity index is 1230. The number of thiophene rings is 1. The molecular weight excluding hydrogens is 502 g/mol. The van der Waals surface area contributed by atoms with E-state index in [1.165, 1.54) is 27.0 Å². The summed E-state index contributed by atoms with van der Waals surface area (Å²) in [5, 5.41) is 3.03. The van der Waals surface area contributed by atoms with Gasteiger partial charge in [-0.2, -0.15) is 4.31 Å². The summed E-state index contributed by atoms with van der Waals surface area (Å²) >= 11 is 8.81. The van der Waals surface area contributed by atoms with Crippen LogP contribution in [-0.2, 0) is 19.6 Å². The van der Waals surface area contributed by atoms with Gasteiger partial charge in [0.2, 0.25) is 5.91 Å². The number of anilines is 1. The number of benzene rings is 1. The van der Waals surface area contributed by atoms with Crippen molar-refractivity contribution < 1.29 is 17.9 Å². The van der Waals surface area contributed by atoms with Crippen LogP contribution in [0.4, 0.5) is 5.13 Å². The highest BCUT2D eigenvalue weighted by molar-refractivity contribution is 7.91. The third-order valence-electron chi connectivity index (χ3n) is 6.14. The number of aromatic nitrogens is 1. The van der Waals surface area contributed by atoms with Crippen LogP contribution in [0.1, 0.15) is 25.7 Å². The molecule has 0 bridgehead atoms. The van der Waals surface area contributed by atoms with E-state index in [4.69, 9.17) is 21.3 Å². The summed E-state index contributed by atoms with van der Waals surface area (Å²) < 4.78 is 34.3. The number of hydrogen-bond acceptors (Lipinski definition) is 7. The zero-order valence-electron chi connectivity index (χ0n) is 17.9. The van der Waals surface area contributed by atoms with E-state index in [1.54, 1.807) is 28.5 Å². The first kappa shape index (κ1) is 23.2. The second-order valence-corrected chi connectivity index (χ2v) is 12.9. The normalized spacial score (nSPS) is 20.5. The van der Waals surface area contributed by atoms with E-state index in [-0.39, 0.29) is 17.9 Å². The number of rotatable bonds is 6. The minimum Gasteiger partial charge on any atom is -0.376 e. The smallest absolute Gasteiger partial charge is 0.252 e. The Labute approximate surface area is 206 Å². The van der Waals surface area contributed by atoms with Crippen molar-refractivity contribution in [2.24, 2.45) is 5.92 Å². The molecule has 176 valence electrons. The van der Waals surface area contributed by atoms with Gasteiger partial charge >= 0.3 is 0 Å². The van der Waals surface area contributed by atoms with Gasteiger partial charge in [0.15, 0.2) is 5.13 Å². The molecule has 1 amide bonds. The quantitative estimate of drug-likeness (QED) is 0.469. The van der Waals surface area contributed by atoms with Gasteiger partial charge in [-0.25, -0.2) is 13.4 Å². The van der Waals surface area contributed by atoms with Gasteiger partial charge in [0.25, 0.3) is 10.0 Å². The number of fused-ring (bicyclic) bond motifs is 1. The SMILES string of the molecule is O=C(C1CCN(S(=O)(=O)c2cccs2)CC1)N(CC1CCCO1)c1nc2ccc(Cl)cc2s1. The fourth-order valence-electron chi connectivity index (χ4n) is 4.36. The van der Waals surface area contributed by atoms with E-state index >= 15 is 0 Å². The molecule has 1 atom stereocenters. The second kappa shape index (κ2) is 9.59. The molecule has 2 aliphatic rings. The van der Waals surface area contributed by atoms with E-state index < -0.39 is 10.0 Å². The molecule has 0 saturated carbocycles. The van der Waals surface area contributed by atoms with Crippen LogP contribution in [0.3, 0.4) is 0 Å². The van der Waals surface area contributed by atoms with E-state index in [0.717, 1.165) is 23.1 Å². The first-order chi connectivity index (χ1) is 15.9. The summed E-state index contributed by atoms with van der Waals surface area (Å²) in [6.07, 6.45) is 2.87. The van der Waals surface area contributed by atoms with Crippen LogP contribution < -0.4 is 4.90 Å². The summed E-state index contributed by atoms with van der Waals surface area (Å²) in [6.45, 7) is 1.83. The van der Waals surface area contributed by atoms with Crippen molar-refractivity contribution in [1.82, 2.24) is 9.29 Å². The van der Waals surface area contributed by atoms with Crippen molar-refractivity contribution in [3.8, 4) is 0 Å². The average Bonchev–Trinajstić information content (AvgIpc) is 3.58. The first-order valence-electron chi connectivity index (χ1n) is 10.9. The maximum atomic E-state index is 13.7. The molecule has 5 rings (SSSR count). The molecule has 1 aromatic carbocycles. The van der Waals surface area contributed by atoms with Crippen LogP contribution in [0.15, 0.2) is 39.9 Å². The molecule has 3 aromatic rings. The van der Waals surface area contributed by atoms with Crippen LogP contribution in [0, 0.1) is 5.92 Å². The Kier molecular flexibility index (Phi) is 6.74. The molecule has 0 radical (unpaired) electrons. The Balaban J connectivity index is 1.35. The predicted molar refractivity (Wildman–Crippen MR) is 132 cm³/mol. The Hall–Kier alpha value is -1.56. The lowest BCUT2D eigenvalue weighted by atomic mass is 9.96. The molecule has 2 saturated heterocycles. The van der Waals surface area contributed by atoms with Gasteiger partial charge in [0, 0.05) is 30.6 Å². The van der Waals surface area contributed by atoms with E-state index in [2.05, 4.69) is 0 Å². The topological polar surface area (TPSA) is 79.8 Å². The molecule has 2 aromatic heterocycles. The number of halogens is 1. The highest BCUT2D eigenvalue weighted by atomic mass is 35.5. The fourth-order valence-corrected chi connectivity index (χ4v) is 8.23. The molecule has 2 aliphatic heterocycles. The number of hydrogen-bond donors (Lipinski definition) is 0. The number of sulfonamides is 1. The highest BCUT2D eigenvalue weighted by Crippen LogP contribution is 2.34. The lowest BCUT2D eigenvalue weighted by Gasteiger charge is -2.33. The zero-order valence-corrected chi connectivity index (χ0v) is 21.1. The van der Waals surface area contributed by atoms with Crippen molar-refractivity contribution >= 4 is 65.6 Å². The van der Waals surface area contributed by atoms with E-state index in [9.17, 15) is 13.2 Å². The lowest BCUT2D eigenvalue weighted by Crippen LogP contribution is -2.46. The number of nitrogens with zero attached hydrogens (tertiary/aromatic N) is 3. The number of carbonyl (C=O) groups is 1. The van der Waals surface area contributed by atoms with Crippen LogP contribution in [-0.4, -0.2) is 56.0 Å². The van der Waals surface area contributed by atoms with Crippen LogP contribution >= 0.6 is 34.3 Å². The Morgan fingerprint density at radius 3 is 2.76 bits per heavy atom. The van der Waals surface area contributed by atoms with Gasteiger partial charge in [0.05, 0.1) is 22.9 Å². The molecular formula is C22H24ClN3O4S3. The highest BCUT2D eigenvalue weighted by Gasteiger charge is 2.36. The van der Waals surface area contributed by atoms with Crippen LogP contribution in [0.25, 0.3) is 10.2 Å².